The highest BCUT2D eigenvalue weighted by molar-refractivity contribution is 9.10. The second kappa shape index (κ2) is 18.2. The molecule has 1 aliphatic carbocycles. The highest BCUT2D eigenvalue weighted by Crippen LogP contribution is 2.34. The molecule has 1 fully saturated rings. The number of halogens is 2. The van der Waals surface area contributed by atoms with Gasteiger partial charge in [0, 0.05) is 36.6 Å². The van der Waals surface area contributed by atoms with E-state index in [4.69, 9.17) is 16.3 Å². The van der Waals surface area contributed by atoms with Gasteiger partial charge in [-0.2, -0.15) is 0 Å². The van der Waals surface area contributed by atoms with Crippen LogP contribution < -0.4 is 16.0 Å². The van der Waals surface area contributed by atoms with Crippen molar-refractivity contribution in [3.05, 3.63) is 45.4 Å². The average Bonchev–Trinajstić information content (AvgIpc) is 3.85. The fraction of sp³-hybridized carbons (Fsp3) is 0.639. The van der Waals surface area contributed by atoms with Gasteiger partial charge in [-0.1, -0.05) is 53.5 Å². The summed E-state index contributed by atoms with van der Waals surface area (Å²) in [5.41, 5.74) is 0.0251. The van der Waals surface area contributed by atoms with Crippen LogP contribution in [0.3, 0.4) is 0 Å². The number of carbonyl (C=O) groups excluding carboxylic acids is 5. The third kappa shape index (κ3) is 12.6. The summed E-state index contributed by atoms with van der Waals surface area (Å²) in [6.07, 6.45) is 7.56. The summed E-state index contributed by atoms with van der Waals surface area (Å²) in [5.74, 6) is -1.61. The van der Waals surface area contributed by atoms with E-state index in [-0.39, 0.29) is 30.1 Å². The summed E-state index contributed by atoms with van der Waals surface area (Å²) in [6, 6.07) is 1.71. The minimum absolute atomic E-state index is 0.0283. The first-order valence-corrected chi connectivity index (χ1v) is 18.4. The Labute approximate surface area is 304 Å². The molecule has 3 N–H and O–H groups in total. The van der Waals surface area contributed by atoms with Crippen molar-refractivity contribution in [2.45, 2.75) is 116 Å². The summed E-state index contributed by atoms with van der Waals surface area (Å²) in [7, 11) is 3.14. The number of amides is 5. The fourth-order valence-electron chi connectivity index (χ4n) is 5.83. The van der Waals surface area contributed by atoms with Gasteiger partial charge in [0.15, 0.2) is 0 Å². The zero-order valence-electron chi connectivity index (χ0n) is 29.8. The van der Waals surface area contributed by atoms with E-state index in [2.05, 4.69) is 31.9 Å². The highest BCUT2D eigenvalue weighted by Gasteiger charge is 2.42. The molecule has 1 aliphatic heterocycles. The Morgan fingerprint density at radius 1 is 1.10 bits per heavy atom. The predicted octanol–water partition coefficient (Wildman–Crippen LogP) is 5.38. The second-order valence-corrected chi connectivity index (χ2v) is 15.8. The molecule has 13 heteroatoms. The molecule has 1 heterocycles. The van der Waals surface area contributed by atoms with Crippen LogP contribution in [0.5, 0.6) is 0 Å². The Bertz CT molecular complexity index is 1380. The van der Waals surface area contributed by atoms with E-state index >= 15 is 0 Å². The third-order valence-electron chi connectivity index (χ3n) is 8.63. The zero-order chi connectivity index (χ0) is 36.5. The van der Waals surface area contributed by atoms with E-state index in [0.717, 1.165) is 22.9 Å². The van der Waals surface area contributed by atoms with E-state index in [1.807, 2.05) is 26.0 Å². The average molecular weight is 767 g/mol. The van der Waals surface area contributed by atoms with E-state index in [0.29, 0.717) is 43.7 Å². The highest BCUT2D eigenvalue weighted by atomic mass is 79.9. The second-order valence-electron chi connectivity index (χ2n) is 14.5. The van der Waals surface area contributed by atoms with Gasteiger partial charge < -0.3 is 30.5 Å². The minimum Gasteiger partial charge on any atom is -0.444 e. The molecule has 3 rings (SSSR count). The maximum Gasteiger partial charge on any atom is 0.408 e. The molecule has 5 amide bonds. The van der Waals surface area contributed by atoms with Gasteiger partial charge in [0.25, 0.3) is 0 Å². The molecule has 0 spiro atoms. The number of nitrogens with one attached hydrogen (secondary N) is 3. The zero-order valence-corrected chi connectivity index (χ0v) is 32.2. The van der Waals surface area contributed by atoms with Crippen molar-refractivity contribution in [2.75, 3.05) is 20.6 Å². The Balaban J connectivity index is 1.93. The number of rotatable bonds is 8. The number of nitrogens with zero attached hydrogens (tertiary/aromatic N) is 2. The first-order valence-electron chi connectivity index (χ1n) is 17.2. The first-order chi connectivity index (χ1) is 23.0. The van der Waals surface area contributed by atoms with Gasteiger partial charge in [0.05, 0.1) is 0 Å². The molecule has 0 bridgehead atoms. The van der Waals surface area contributed by atoms with Crippen LogP contribution in [-0.2, 0) is 30.3 Å². The van der Waals surface area contributed by atoms with Crippen LogP contribution in [0.1, 0.15) is 85.1 Å². The van der Waals surface area contributed by atoms with Crippen LogP contribution in [0.2, 0.25) is 5.02 Å². The largest absolute Gasteiger partial charge is 0.444 e. The van der Waals surface area contributed by atoms with Crippen molar-refractivity contribution in [1.82, 2.24) is 25.8 Å². The summed E-state index contributed by atoms with van der Waals surface area (Å²) in [4.78, 5) is 71.3. The van der Waals surface area contributed by atoms with Gasteiger partial charge in [-0.15, -0.1) is 0 Å². The van der Waals surface area contributed by atoms with Crippen LogP contribution in [0.15, 0.2) is 34.8 Å². The Morgan fingerprint density at radius 2 is 1.78 bits per heavy atom. The number of carbonyl (C=O) groups is 5. The van der Waals surface area contributed by atoms with E-state index < -0.39 is 47.7 Å². The molecule has 11 nitrogen and oxygen atoms in total. The van der Waals surface area contributed by atoms with Gasteiger partial charge in [-0.3, -0.25) is 19.2 Å². The molecular weight excluding hydrogens is 714 g/mol. The normalized spacial score (nSPS) is 22.3. The molecule has 0 saturated heterocycles. The van der Waals surface area contributed by atoms with Crippen molar-refractivity contribution in [3.63, 3.8) is 0 Å². The molecule has 4 atom stereocenters. The quantitative estimate of drug-likeness (QED) is 0.304. The van der Waals surface area contributed by atoms with Gasteiger partial charge >= 0.3 is 6.09 Å². The van der Waals surface area contributed by atoms with Crippen molar-refractivity contribution < 1.29 is 28.7 Å². The Hall–Kier alpha value is -3.12. The number of likely N-dealkylation sites (N-methyl/N-ethyl adjacent to an activating group) is 2. The lowest BCUT2D eigenvalue weighted by atomic mass is 9.98. The Kier molecular flexibility index (Phi) is 15.0. The standard InChI is InChI=1S/C36H53BrClN5O6/c1-22(2)19-27-33(46)43(7)29(21-24-20-25(38)16-17-26(24)37)31(44)39-18-12-10-8-9-11-13-28(32(45)40-27)42(6)34(47)30(23-14-15-23)41-35(48)49-36(3,4)5/h8-9,16-17,20,22-23,27-30H,10-15,18-19,21H2,1-7H3,(H,39,44)(H,40,45)(H,41,48)/t27-,28-,29-,30-/m0/s1. The molecule has 0 unspecified atom stereocenters. The smallest absolute Gasteiger partial charge is 0.408 e. The predicted molar refractivity (Wildman–Crippen MR) is 194 cm³/mol. The van der Waals surface area contributed by atoms with Crippen molar-refractivity contribution in [2.24, 2.45) is 11.8 Å². The number of alkyl carbamates (subject to hydrolysis) is 1. The summed E-state index contributed by atoms with van der Waals surface area (Å²) >= 11 is 9.83. The van der Waals surface area contributed by atoms with Crippen LogP contribution in [0, 0.1) is 11.8 Å². The molecule has 1 aromatic rings. The molecule has 0 radical (unpaired) electrons. The number of ether oxygens (including phenoxy) is 1. The number of benzene rings is 1. The molecular formula is C36H53BrClN5O6. The monoisotopic (exact) mass is 765 g/mol. The van der Waals surface area contributed by atoms with E-state index in [1.165, 1.54) is 9.80 Å². The lowest BCUT2D eigenvalue weighted by Gasteiger charge is -2.34. The lowest BCUT2D eigenvalue weighted by molar-refractivity contribution is -0.145. The van der Waals surface area contributed by atoms with Gasteiger partial charge in [0.1, 0.15) is 29.8 Å². The summed E-state index contributed by atoms with van der Waals surface area (Å²) in [5, 5.41) is 9.18. The SMILES string of the molecule is CC(C)C[C@@H]1NC(=O)[C@@H](N(C)C(=O)[C@@H](NC(=O)OC(C)(C)C)C2CC2)CCC=CCCCNC(=O)[C@H](Cc2cc(Cl)ccc2Br)N(C)C1=O. The minimum atomic E-state index is -0.954. The van der Waals surface area contributed by atoms with Crippen LogP contribution in [0.4, 0.5) is 4.79 Å². The number of allylic oxidation sites excluding steroid dienone is 2. The maximum atomic E-state index is 14.2. The maximum absolute atomic E-state index is 14.2. The van der Waals surface area contributed by atoms with Gasteiger partial charge in [0.2, 0.25) is 23.6 Å². The number of hydrogen-bond donors (Lipinski definition) is 3. The number of hydrogen-bond acceptors (Lipinski definition) is 6. The molecule has 1 aromatic carbocycles. The van der Waals surface area contributed by atoms with Crippen molar-refractivity contribution in [1.29, 1.82) is 0 Å². The molecule has 1 saturated carbocycles. The molecule has 272 valence electrons. The molecule has 49 heavy (non-hydrogen) atoms. The van der Waals surface area contributed by atoms with Crippen LogP contribution >= 0.6 is 27.5 Å². The van der Waals surface area contributed by atoms with E-state index in [1.54, 1.807) is 53.1 Å². The summed E-state index contributed by atoms with van der Waals surface area (Å²) in [6.45, 7) is 9.58. The van der Waals surface area contributed by atoms with Gasteiger partial charge in [-0.25, -0.2) is 4.79 Å². The van der Waals surface area contributed by atoms with Crippen molar-refractivity contribution in [3.8, 4) is 0 Å². The molecule has 2 aliphatic rings. The Morgan fingerprint density at radius 3 is 2.41 bits per heavy atom. The lowest BCUT2D eigenvalue weighted by Crippen LogP contribution is -2.59. The third-order valence-corrected chi connectivity index (χ3v) is 9.64. The van der Waals surface area contributed by atoms with E-state index in [9.17, 15) is 24.0 Å². The first kappa shape index (κ1) is 40.3. The van der Waals surface area contributed by atoms with Crippen molar-refractivity contribution >= 4 is 57.3 Å². The van der Waals surface area contributed by atoms with Crippen LogP contribution in [-0.4, -0.2) is 89.9 Å². The topological polar surface area (TPSA) is 137 Å². The van der Waals surface area contributed by atoms with Gasteiger partial charge in [-0.05, 0) is 101 Å². The summed E-state index contributed by atoms with van der Waals surface area (Å²) < 4.78 is 6.19. The fourth-order valence-corrected chi connectivity index (χ4v) is 6.43. The van der Waals surface area contributed by atoms with Crippen LogP contribution in [0.25, 0.3) is 0 Å². The molecule has 0 aromatic heterocycles.